The van der Waals surface area contributed by atoms with E-state index in [4.69, 9.17) is 21.1 Å². The van der Waals surface area contributed by atoms with Crippen LogP contribution in [0.1, 0.15) is 28.7 Å². The average Bonchev–Trinajstić information content (AvgIpc) is 2.98. The monoisotopic (exact) mass is 421 g/mol. The molecule has 0 radical (unpaired) electrons. The average molecular weight is 422 g/mol. The fourth-order valence-corrected chi connectivity index (χ4v) is 3.04. The van der Waals surface area contributed by atoms with E-state index in [1.165, 1.54) is 0 Å². The van der Waals surface area contributed by atoms with Crippen molar-refractivity contribution in [2.75, 3.05) is 26.8 Å². The van der Waals surface area contributed by atoms with Crippen LogP contribution < -0.4 is 15.4 Å². The molecule has 1 aromatic heterocycles. The number of ether oxygens (including phenoxy) is 2. The molecule has 0 spiro atoms. The molecule has 29 heavy (non-hydrogen) atoms. The van der Waals surface area contributed by atoms with Gasteiger partial charge in [0.1, 0.15) is 5.75 Å². The summed E-state index contributed by atoms with van der Waals surface area (Å²) in [7, 11) is 1.55. The van der Waals surface area contributed by atoms with Crippen LogP contribution in [0.25, 0.3) is 5.69 Å². The number of amides is 2. The smallest absolute Gasteiger partial charge is 0.340 e. The van der Waals surface area contributed by atoms with Gasteiger partial charge in [0.05, 0.1) is 24.9 Å². The lowest BCUT2D eigenvalue weighted by Crippen LogP contribution is -2.38. The second kappa shape index (κ2) is 9.97. The lowest BCUT2D eigenvalue weighted by molar-refractivity contribution is -0.127. The number of benzene rings is 1. The first-order valence-corrected chi connectivity index (χ1v) is 9.39. The number of esters is 1. The van der Waals surface area contributed by atoms with Gasteiger partial charge in [-0.15, -0.1) is 0 Å². The van der Waals surface area contributed by atoms with Crippen molar-refractivity contribution in [1.29, 1.82) is 0 Å². The number of aryl methyl sites for hydroxylation is 1. The summed E-state index contributed by atoms with van der Waals surface area (Å²) < 4.78 is 12.3. The van der Waals surface area contributed by atoms with Crippen LogP contribution in [0.2, 0.25) is 5.02 Å². The summed E-state index contributed by atoms with van der Waals surface area (Å²) in [5.74, 6) is -0.916. The molecule has 9 heteroatoms. The third-order valence-electron chi connectivity index (χ3n) is 4.19. The minimum atomic E-state index is -0.640. The van der Waals surface area contributed by atoms with Gasteiger partial charge in [-0.25, -0.2) is 4.79 Å². The molecule has 2 aromatic rings. The fraction of sp³-hybridized carbons (Fsp3) is 0.350. The predicted molar refractivity (Wildman–Crippen MR) is 109 cm³/mol. The van der Waals surface area contributed by atoms with Gasteiger partial charge >= 0.3 is 5.97 Å². The summed E-state index contributed by atoms with van der Waals surface area (Å²) in [4.78, 5) is 35.6. The van der Waals surface area contributed by atoms with Crippen LogP contribution in [0.5, 0.6) is 5.75 Å². The maximum absolute atomic E-state index is 12.5. The normalized spacial score (nSPS) is 10.4. The number of hydrogen-bond donors (Lipinski definition) is 2. The standard InChI is InChI=1S/C20H24ClN3O5/c1-5-22-18(25)10-23-19(26)11-29-20(27)15-8-12(2)24(13(15)3)16-9-14(21)6-7-17(16)28-4/h6-9H,5,10-11H2,1-4H3,(H,22,25)(H,23,26). The molecule has 0 saturated heterocycles. The van der Waals surface area contributed by atoms with E-state index in [1.807, 2.05) is 11.5 Å². The van der Waals surface area contributed by atoms with E-state index in [-0.39, 0.29) is 12.5 Å². The van der Waals surface area contributed by atoms with Crippen LogP contribution in [0.15, 0.2) is 24.3 Å². The number of carbonyl (C=O) groups excluding carboxylic acids is 3. The van der Waals surface area contributed by atoms with Crippen molar-refractivity contribution in [3.8, 4) is 11.4 Å². The third kappa shape index (κ3) is 5.51. The van der Waals surface area contributed by atoms with Crippen LogP contribution in [0.4, 0.5) is 0 Å². The highest BCUT2D eigenvalue weighted by atomic mass is 35.5. The first kappa shape index (κ1) is 22.3. The number of likely N-dealkylation sites (N-methyl/N-ethyl adjacent to an activating group) is 1. The first-order chi connectivity index (χ1) is 13.8. The van der Waals surface area contributed by atoms with Gasteiger partial charge < -0.3 is 24.7 Å². The van der Waals surface area contributed by atoms with Crippen molar-refractivity contribution in [3.05, 3.63) is 46.2 Å². The van der Waals surface area contributed by atoms with Crippen molar-refractivity contribution < 1.29 is 23.9 Å². The SMILES string of the molecule is CCNC(=O)CNC(=O)COC(=O)c1cc(C)n(-c2cc(Cl)ccc2OC)c1C. The lowest BCUT2D eigenvalue weighted by Gasteiger charge is -2.14. The third-order valence-corrected chi connectivity index (χ3v) is 4.42. The minimum absolute atomic E-state index is 0.173. The molecule has 0 aliphatic carbocycles. The second-order valence-electron chi connectivity index (χ2n) is 6.24. The zero-order valence-corrected chi connectivity index (χ0v) is 17.6. The number of methoxy groups -OCH3 is 1. The Bertz CT molecular complexity index is 923. The fourth-order valence-electron chi connectivity index (χ4n) is 2.88. The maximum Gasteiger partial charge on any atom is 0.340 e. The zero-order valence-electron chi connectivity index (χ0n) is 16.8. The van der Waals surface area contributed by atoms with Crippen LogP contribution >= 0.6 is 11.6 Å². The number of halogens is 1. The highest BCUT2D eigenvalue weighted by Gasteiger charge is 2.20. The molecule has 2 amide bonds. The number of nitrogens with zero attached hydrogens (tertiary/aromatic N) is 1. The van der Waals surface area contributed by atoms with Gasteiger partial charge in [-0.05, 0) is 45.0 Å². The van der Waals surface area contributed by atoms with Gasteiger partial charge in [-0.1, -0.05) is 11.6 Å². The van der Waals surface area contributed by atoms with Crippen molar-refractivity contribution in [2.45, 2.75) is 20.8 Å². The Morgan fingerprint density at radius 3 is 2.48 bits per heavy atom. The van der Waals surface area contributed by atoms with Crippen molar-refractivity contribution in [2.24, 2.45) is 0 Å². The van der Waals surface area contributed by atoms with E-state index in [9.17, 15) is 14.4 Å². The zero-order chi connectivity index (χ0) is 21.6. The van der Waals surface area contributed by atoms with Gasteiger partial charge in [0.15, 0.2) is 6.61 Å². The molecule has 0 bridgehead atoms. The van der Waals surface area contributed by atoms with Crippen LogP contribution in [0, 0.1) is 13.8 Å². The molecule has 2 rings (SSSR count). The molecule has 1 aromatic carbocycles. The van der Waals surface area contributed by atoms with Crippen LogP contribution in [-0.2, 0) is 14.3 Å². The summed E-state index contributed by atoms with van der Waals surface area (Å²) in [6, 6.07) is 6.87. The Kier molecular flexibility index (Phi) is 7.67. The number of hydrogen-bond acceptors (Lipinski definition) is 5. The van der Waals surface area contributed by atoms with Crippen LogP contribution in [-0.4, -0.2) is 49.2 Å². The summed E-state index contributed by atoms with van der Waals surface area (Å²) in [5.41, 5.74) is 2.40. The van der Waals surface area contributed by atoms with Gasteiger partial charge in [-0.3, -0.25) is 9.59 Å². The largest absolute Gasteiger partial charge is 0.495 e. The van der Waals surface area contributed by atoms with E-state index < -0.39 is 18.5 Å². The molecule has 156 valence electrons. The van der Waals surface area contributed by atoms with Crippen molar-refractivity contribution in [3.63, 3.8) is 0 Å². The number of aromatic nitrogens is 1. The molecule has 0 fully saturated rings. The Labute approximate surface area is 174 Å². The van der Waals surface area contributed by atoms with E-state index in [0.717, 1.165) is 5.69 Å². The summed E-state index contributed by atoms with van der Waals surface area (Å²) >= 11 is 6.12. The van der Waals surface area contributed by atoms with Crippen molar-refractivity contribution in [1.82, 2.24) is 15.2 Å². The van der Waals surface area contributed by atoms with Gasteiger partial charge in [0.25, 0.3) is 5.91 Å². The Hall–Kier alpha value is -3.00. The van der Waals surface area contributed by atoms with Gasteiger partial charge in [0, 0.05) is 23.0 Å². The second-order valence-corrected chi connectivity index (χ2v) is 6.68. The molecule has 0 atom stereocenters. The highest BCUT2D eigenvalue weighted by molar-refractivity contribution is 6.30. The molecule has 1 heterocycles. The first-order valence-electron chi connectivity index (χ1n) is 9.01. The minimum Gasteiger partial charge on any atom is -0.495 e. The summed E-state index contributed by atoms with van der Waals surface area (Å²) in [6.45, 7) is 5.19. The summed E-state index contributed by atoms with van der Waals surface area (Å²) in [6.07, 6.45) is 0. The Morgan fingerprint density at radius 2 is 1.83 bits per heavy atom. The summed E-state index contributed by atoms with van der Waals surface area (Å²) in [5, 5.41) is 5.47. The molecule has 0 aliphatic heterocycles. The molecule has 0 saturated carbocycles. The molecular formula is C20H24ClN3O5. The van der Waals surface area contributed by atoms with Crippen LogP contribution in [0.3, 0.4) is 0 Å². The Morgan fingerprint density at radius 1 is 1.10 bits per heavy atom. The van der Waals surface area contributed by atoms with Gasteiger partial charge in [0.2, 0.25) is 5.91 Å². The van der Waals surface area contributed by atoms with Crippen molar-refractivity contribution >= 4 is 29.4 Å². The maximum atomic E-state index is 12.5. The number of carbonyl (C=O) groups is 3. The van der Waals surface area contributed by atoms with E-state index in [0.29, 0.717) is 34.3 Å². The molecular weight excluding hydrogens is 398 g/mol. The predicted octanol–water partition coefficient (Wildman–Crippen LogP) is 2.17. The quantitative estimate of drug-likeness (QED) is 0.636. The number of rotatable bonds is 8. The lowest BCUT2D eigenvalue weighted by atomic mass is 10.2. The van der Waals surface area contributed by atoms with E-state index in [2.05, 4.69) is 10.6 Å². The van der Waals surface area contributed by atoms with E-state index in [1.54, 1.807) is 45.2 Å². The van der Waals surface area contributed by atoms with E-state index >= 15 is 0 Å². The number of nitrogens with one attached hydrogen (secondary N) is 2. The molecule has 8 nitrogen and oxygen atoms in total. The van der Waals surface area contributed by atoms with Gasteiger partial charge in [-0.2, -0.15) is 0 Å². The molecule has 0 unspecified atom stereocenters. The Balaban J connectivity index is 2.12. The molecule has 2 N–H and O–H groups in total. The topological polar surface area (TPSA) is 98.7 Å². The highest BCUT2D eigenvalue weighted by Crippen LogP contribution is 2.30. The molecule has 0 aliphatic rings.